The van der Waals surface area contributed by atoms with Gasteiger partial charge in [0, 0.05) is 39.5 Å². The minimum atomic E-state index is -0.0540. The second-order valence-corrected chi connectivity index (χ2v) is 8.45. The smallest absolute Gasteiger partial charge is 0.216 e. The first-order chi connectivity index (χ1) is 13.4. The third-order valence-electron chi connectivity index (χ3n) is 6.00. The Balaban J connectivity index is 1.49. The molecule has 1 amide bonds. The first-order valence-electron chi connectivity index (χ1n) is 10.2. The van der Waals surface area contributed by atoms with Gasteiger partial charge in [0.1, 0.15) is 11.6 Å². The third kappa shape index (κ3) is 3.57. The van der Waals surface area contributed by atoms with E-state index in [4.69, 9.17) is 14.7 Å². The van der Waals surface area contributed by atoms with Gasteiger partial charge in [-0.05, 0) is 25.7 Å². The van der Waals surface area contributed by atoms with Crippen LogP contribution in [0.25, 0.3) is 11.0 Å². The first kappa shape index (κ1) is 19.1. The number of amides is 1. The summed E-state index contributed by atoms with van der Waals surface area (Å²) < 4.78 is 8.21. The number of hydrogen-bond acceptors (Lipinski definition) is 6. The van der Waals surface area contributed by atoms with Gasteiger partial charge in [0.15, 0.2) is 5.65 Å². The molecule has 1 N–H and O–H groups in total. The Labute approximate surface area is 165 Å². The summed E-state index contributed by atoms with van der Waals surface area (Å²) in [7, 11) is 1.93. The molecule has 0 saturated carbocycles. The number of piperidine rings is 1. The zero-order chi connectivity index (χ0) is 19.9. The molecular weight excluding hydrogens is 356 g/mol. The topological polar surface area (TPSA) is 85.2 Å². The molecular formula is C20H30N6O2. The zero-order valence-electron chi connectivity index (χ0n) is 17.2. The van der Waals surface area contributed by atoms with Crippen LogP contribution in [0, 0.1) is 0 Å². The SMILES string of the molecule is CC(=O)NC[C@H]1CCC2(CCN(c3nc(C(C)C)nc4c3cnn4C)CC2)O1. The van der Waals surface area contributed by atoms with Crippen molar-refractivity contribution in [3.63, 3.8) is 0 Å². The fraction of sp³-hybridized carbons (Fsp3) is 0.700. The summed E-state index contributed by atoms with van der Waals surface area (Å²) in [4.78, 5) is 23.1. The molecule has 28 heavy (non-hydrogen) atoms. The normalized spacial score (nSPS) is 21.8. The van der Waals surface area contributed by atoms with Crippen molar-refractivity contribution < 1.29 is 9.53 Å². The Bertz CT molecular complexity index is 869. The summed E-state index contributed by atoms with van der Waals surface area (Å²) in [5.74, 6) is 2.12. The van der Waals surface area contributed by atoms with Gasteiger partial charge < -0.3 is 15.0 Å². The number of fused-ring (bicyclic) bond motifs is 1. The maximum Gasteiger partial charge on any atom is 0.216 e. The van der Waals surface area contributed by atoms with Crippen LogP contribution in [0.15, 0.2) is 6.20 Å². The highest BCUT2D eigenvalue weighted by Crippen LogP contribution is 2.40. The van der Waals surface area contributed by atoms with Gasteiger partial charge in [-0.3, -0.25) is 9.48 Å². The van der Waals surface area contributed by atoms with Crippen molar-refractivity contribution in [3.8, 4) is 0 Å². The van der Waals surface area contributed by atoms with Crippen LogP contribution in [-0.4, -0.2) is 57.0 Å². The van der Waals surface area contributed by atoms with Gasteiger partial charge in [0.25, 0.3) is 0 Å². The van der Waals surface area contributed by atoms with Crippen LogP contribution in [0.3, 0.4) is 0 Å². The molecule has 8 nitrogen and oxygen atoms in total. The van der Waals surface area contributed by atoms with Crippen LogP contribution in [0.1, 0.15) is 58.2 Å². The van der Waals surface area contributed by atoms with Gasteiger partial charge in [-0.2, -0.15) is 5.10 Å². The quantitative estimate of drug-likeness (QED) is 0.867. The average molecular weight is 387 g/mol. The Morgan fingerprint density at radius 3 is 2.75 bits per heavy atom. The molecule has 1 atom stereocenters. The lowest BCUT2D eigenvalue weighted by atomic mass is 9.88. The van der Waals surface area contributed by atoms with Crippen LogP contribution >= 0.6 is 0 Å². The number of hydrogen-bond donors (Lipinski definition) is 1. The van der Waals surface area contributed by atoms with Crippen LogP contribution in [-0.2, 0) is 16.6 Å². The van der Waals surface area contributed by atoms with Crippen molar-refractivity contribution in [1.29, 1.82) is 0 Å². The van der Waals surface area contributed by atoms with E-state index in [1.165, 1.54) is 0 Å². The molecule has 2 aromatic rings. The molecule has 4 rings (SSSR count). The highest BCUT2D eigenvalue weighted by molar-refractivity contribution is 5.87. The van der Waals surface area contributed by atoms with Crippen molar-refractivity contribution in [2.24, 2.45) is 7.05 Å². The number of carbonyl (C=O) groups excluding carboxylic acids is 1. The van der Waals surface area contributed by atoms with Crippen molar-refractivity contribution in [1.82, 2.24) is 25.1 Å². The van der Waals surface area contributed by atoms with Gasteiger partial charge in [0.2, 0.25) is 5.91 Å². The Morgan fingerprint density at radius 1 is 1.32 bits per heavy atom. The lowest BCUT2D eigenvalue weighted by Crippen LogP contribution is -2.45. The maximum absolute atomic E-state index is 11.2. The molecule has 2 aromatic heterocycles. The molecule has 0 aliphatic carbocycles. The van der Waals surface area contributed by atoms with Gasteiger partial charge in [-0.25, -0.2) is 9.97 Å². The lowest BCUT2D eigenvalue weighted by molar-refractivity contribution is -0.120. The zero-order valence-corrected chi connectivity index (χ0v) is 17.2. The fourth-order valence-electron chi connectivity index (χ4n) is 4.31. The summed E-state index contributed by atoms with van der Waals surface area (Å²) >= 11 is 0. The second-order valence-electron chi connectivity index (χ2n) is 8.45. The molecule has 152 valence electrons. The van der Waals surface area contributed by atoms with Crippen LogP contribution < -0.4 is 10.2 Å². The third-order valence-corrected chi connectivity index (χ3v) is 6.00. The minimum absolute atomic E-state index is 0.00424. The van der Waals surface area contributed by atoms with E-state index in [-0.39, 0.29) is 23.5 Å². The lowest BCUT2D eigenvalue weighted by Gasteiger charge is -2.40. The number of nitrogens with one attached hydrogen (secondary N) is 1. The fourth-order valence-corrected chi connectivity index (χ4v) is 4.31. The minimum Gasteiger partial charge on any atom is -0.370 e. The monoisotopic (exact) mass is 386 g/mol. The molecule has 0 aromatic carbocycles. The van der Waals surface area contributed by atoms with Gasteiger partial charge in [-0.1, -0.05) is 13.8 Å². The number of nitrogens with zero attached hydrogens (tertiary/aromatic N) is 5. The highest BCUT2D eigenvalue weighted by Gasteiger charge is 2.42. The Morgan fingerprint density at radius 2 is 2.07 bits per heavy atom. The van der Waals surface area contributed by atoms with E-state index in [0.717, 1.165) is 61.4 Å². The predicted octanol–water partition coefficient (Wildman–Crippen LogP) is 2.14. The van der Waals surface area contributed by atoms with E-state index in [9.17, 15) is 4.79 Å². The molecule has 0 bridgehead atoms. The maximum atomic E-state index is 11.2. The van der Waals surface area contributed by atoms with E-state index in [1.807, 2.05) is 17.9 Å². The van der Waals surface area contributed by atoms with Crippen LogP contribution in [0.5, 0.6) is 0 Å². The van der Waals surface area contributed by atoms with E-state index in [2.05, 4.69) is 29.2 Å². The van der Waals surface area contributed by atoms with Gasteiger partial charge in [0.05, 0.1) is 23.3 Å². The second kappa shape index (κ2) is 7.31. The van der Waals surface area contributed by atoms with Crippen molar-refractivity contribution in [2.75, 3.05) is 24.5 Å². The number of aryl methyl sites for hydroxylation is 1. The molecule has 1 spiro atoms. The first-order valence-corrected chi connectivity index (χ1v) is 10.2. The molecule has 2 aliphatic heterocycles. The van der Waals surface area contributed by atoms with Gasteiger partial charge >= 0.3 is 0 Å². The standard InChI is InChI=1S/C20H30N6O2/c1-13(2)17-23-18-16(12-22-25(18)4)19(24-17)26-9-7-20(8-10-26)6-5-15(28-20)11-21-14(3)27/h12-13,15H,5-11H2,1-4H3,(H,21,27)/t15-/m1/s1. The number of anilines is 1. The average Bonchev–Trinajstić information content (AvgIpc) is 3.24. The van der Waals surface area contributed by atoms with E-state index in [0.29, 0.717) is 6.54 Å². The Hall–Kier alpha value is -2.22. The molecule has 4 heterocycles. The molecule has 8 heteroatoms. The van der Waals surface area contributed by atoms with Crippen molar-refractivity contribution in [2.45, 2.75) is 64.1 Å². The number of aromatic nitrogens is 4. The summed E-state index contributed by atoms with van der Waals surface area (Å²) in [6.45, 7) is 8.22. The van der Waals surface area contributed by atoms with E-state index >= 15 is 0 Å². The van der Waals surface area contributed by atoms with E-state index in [1.54, 1.807) is 6.92 Å². The Kier molecular flexibility index (Phi) is 4.99. The molecule has 0 unspecified atom stereocenters. The van der Waals surface area contributed by atoms with Crippen LogP contribution in [0.2, 0.25) is 0 Å². The summed E-state index contributed by atoms with van der Waals surface area (Å²) in [5.41, 5.74) is 0.836. The number of carbonyl (C=O) groups is 1. The largest absolute Gasteiger partial charge is 0.370 e. The molecule has 0 radical (unpaired) electrons. The van der Waals surface area contributed by atoms with Crippen LogP contribution in [0.4, 0.5) is 5.82 Å². The highest BCUT2D eigenvalue weighted by atomic mass is 16.5. The number of rotatable bonds is 4. The van der Waals surface area contributed by atoms with E-state index < -0.39 is 0 Å². The summed E-state index contributed by atoms with van der Waals surface area (Å²) in [5, 5.41) is 8.29. The van der Waals surface area contributed by atoms with Gasteiger partial charge in [-0.15, -0.1) is 0 Å². The molecule has 2 saturated heterocycles. The number of ether oxygens (including phenoxy) is 1. The predicted molar refractivity (Wildman–Crippen MR) is 107 cm³/mol. The summed E-state index contributed by atoms with van der Waals surface area (Å²) in [6.07, 6.45) is 6.03. The molecule has 2 aliphatic rings. The summed E-state index contributed by atoms with van der Waals surface area (Å²) in [6, 6.07) is 0. The molecule has 2 fully saturated rings. The van der Waals surface area contributed by atoms with Crippen molar-refractivity contribution >= 4 is 22.8 Å². The van der Waals surface area contributed by atoms with Crippen molar-refractivity contribution in [3.05, 3.63) is 12.0 Å².